The molecule has 7 nitrogen and oxygen atoms in total. The van der Waals surface area contributed by atoms with Crippen molar-refractivity contribution < 1.29 is 9.66 Å². The average Bonchev–Trinajstić information content (AvgIpc) is 2.59. The molecule has 0 aliphatic rings. The Morgan fingerprint density at radius 1 is 1.24 bits per heavy atom. The summed E-state index contributed by atoms with van der Waals surface area (Å²) in [6.45, 7) is 7.61. The molecule has 0 aromatic heterocycles. The average molecular weight is 464 g/mol. The van der Waals surface area contributed by atoms with Crippen molar-refractivity contribution in [2.75, 3.05) is 26.3 Å². The number of nitrogens with one attached hydrogen (secondary N) is 2. The molecule has 0 fully saturated rings. The van der Waals surface area contributed by atoms with Crippen LogP contribution in [0.15, 0.2) is 29.3 Å². The number of non-ortho nitro benzene ring substituents is 1. The molecule has 0 aliphatic carbocycles. The second kappa shape index (κ2) is 14.9. The van der Waals surface area contributed by atoms with E-state index in [1.54, 1.807) is 12.1 Å². The first-order chi connectivity index (χ1) is 11.7. The molecule has 0 amide bonds. The Hall–Kier alpha value is -1.42. The molecular weight excluding hydrogens is 435 g/mol. The number of benzene rings is 1. The molecule has 2 N–H and O–H groups in total. The first-order valence-corrected chi connectivity index (χ1v) is 8.50. The minimum atomic E-state index is -0.394. The molecule has 25 heavy (non-hydrogen) atoms. The van der Waals surface area contributed by atoms with Gasteiger partial charge in [-0.2, -0.15) is 0 Å². The van der Waals surface area contributed by atoms with E-state index in [1.807, 2.05) is 13.0 Å². The van der Waals surface area contributed by atoms with Gasteiger partial charge in [-0.3, -0.25) is 10.1 Å². The quantitative estimate of drug-likeness (QED) is 0.131. The predicted octanol–water partition coefficient (Wildman–Crippen LogP) is 3.47. The van der Waals surface area contributed by atoms with E-state index in [4.69, 9.17) is 4.74 Å². The summed E-state index contributed by atoms with van der Waals surface area (Å²) in [4.78, 5) is 14.9. The topological polar surface area (TPSA) is 88.8 Å². The van der Waals surface area contributed by atoms with E-state index in [2.05, 4.69) is 22.5 Å². The number of guanidine groups is 1. The van der Waals surface area contributed by atoms with Crippen molar-refractivity contribution in [3.63, 3.8) is 0 Å². The number of nitrogens with zero attached hydrogens (tertiary/aromatic N) is 2. The summed E-state index contributed by atoms with van der Waals surface area (Å²) in [6, 6.07) is 6.54. The van der Waals surface area contributed by atoms with Gasteiger partial charge in [-0.15, -0.1) is 24.0 Å². The number of ether oxygens (including phenoxy) is 1. The third-order valence-electron chi connectivity index (χ3n) is 3.29. The summed E-state index contributed by atoms with van der Waals surface area (Å²) in [7, 11) is 0. The fourth-order valence-electron chi connectivity index (χ4n) is 2.01. The smallest absolute Gasteiger partial charge is 0.269 e. The number of halogens is 1. The maximum atomic E-state index is 10.8. The second-order valence-electron chi connectivity index (χ2n) is 5.37. The zero-order valence-corrected chi connectivity index (χ0v) is 17.3. The Morgan fingerprint density at radius 3 is 2.68 bits per heavy atom. The lowest BCUT2D eigenvalue weighted by atomic mass is 10.2. The van der Waals surface area contributed by atoms with Gasteiger partial charge in [0.25, 0.3) is 5.69 Å². The molecule has 0 saturated carbocycles. The molecule has 0 radical (unpaired) electrons. The van der Waals surface area contributed by atoms with Crippen molar-refractivity contribution in [2.45, 2.75) is 39.7 Å². The van der Waals surface area contributed by atoms with Gasteiger partial charge in [0.2, 0.25) is 0 Å². The highest BCUT2D eigenvalue weighted by molar-refractivity contribution is 14.0. The molecule has 0 spiro atoms. The van der Waals surface area contributed by atoms with E-state index in [0.29, 0.717) is 12.5 Å². The van der Waals surface area contributed by atoms with Crippen LogP contribution in [-0.2, 0) is 11.3 Å². The second-order valence-corrected chi connectivity index (χ2v) is 5.37. The Morgan fingerprint density at radius 2 is 2.00 bits per heavy atom. The van der Waals surface area contributed by atoms with E-state index in [1.165, 1.54) is 6.07 Å². The summed E-state index contributed by atoms with van der Waals surface area (Å²) in [5, 5.41) is 17.2. The first-order valence-electron chi connectivity index (χ1n) is 8.50. The molecule has 0 heterocycles. The van der Waals surface area contributed by atoms with Crippen molar-refractivity contribution >= 4 is 35.6 Å². The van der Waals surface area contributed by atoms with Gasteiger partial charge in [-0.25, -0.2) is 4.99 Å². The summed E-state index contributed by atoms with van der Waals surface area (Å²) >= 11 is 0. The van der Waals surface area contributed by atoms with E-state index in [-0.39, 0.29) is 29.7 Å². The highest BCUT2D eigenvalue weighted by Crippen LogP contribution is 2.13. The molecule has 8 heteroatoms. The fourth-order valence-corrected chi connectivity index (χ4v) is 2.01. The molecule has 0 aliphatic heterocycles. The maximum Gasteiger partial charge on any atom is 0.269 e. The highest BCUT2D eigenvalue weighted by atomic mass is 127. The van der Waals surface area contributed by atoms with Crippen LogP contribution in [0, 0.1) is 10.1 Å². The molecule has 0 unspecified atom stereocenters. The van der Waals surface area contributed by atoms with Crippen molar-refractivity contribution in [3.05, 3.63) is 39.9 Å². The Labute approximate surface area is 166 Å². The van der Waals surface area contributed by atoms with Crippen LogP contribution in [0.1, 0.15) is 38.7 Å². The van der Waals surface area contributed by atoms with Gasteiger partial charge in [0.05, 0.1) is 11.5 Å². The lowest BCUT2D eigenvalue weighted by molar-refractivity contribution is -0.384. The van der Waals surface area contributed by atoms with Crippen LogP contribution >= 0.6 is 24.0 Å². The Bertz CT molecular complexity index is 526. The van der Waals surface area contributed by atoms with Crippen LogP contribution in [0.25, 0.3) is 0 Å². The molecule has 1 aromatic rings. The Balaban J connectivity index is 0.00000576. The van der Waals surface area contributed by atoms with Crippen molar-refractivity contribution in [3.8, 4) is 0 Å². The van der Waals surface area contributed by atoms with Gasteiger partial charge in [-0.1, -0.05) is 25.5 Å². The predicted molar refractivity (Wildman–Crippen MR) is 112 cm³/mol. The number of hydrogen-bond donors (Lipinski definition) is 2. The van der Waals surface area contributed by atoms with Crippen molar-refractivity contribution in [1.29, 1.82) is 0 Å². The van der Waals surface area contributed by atoms with Gasteiger partial charge in [0.15, 0.2) is 5.96 Å². The molecule has 1 rings (SSSR count). The van der Waals surface area contributed by atoms with Gasteiger partial charge in [0, 0.05) is 38.4 Å². The number of unbranched alkanes of at least 4 members (excludes halogenated alkanes) is 1. The summed E-state index contributed by atoms with van der Waals surface area (Å²) < 4.78 is 5.52. The lowest BCUT2D eigenvalue weighted by Crippen LogP contribution is -2.38. The van der Waals surface area contributed by atoms with E-state index in [0.717, 1.165) is 51.1 Å². The maximum absolute atomic E-state index is 10.8. The number of aliphatic imine (C=N–C) groups is 1. The Kier molecular flexibility index (Phi) is 14.0. The van der Waals surface area contributed by atoms with Crippen LogP contribution < -0.4 is 10.6 Å². The van der Waals surface area contributed by atoms with Crippen LogP contribution in [0.5, 0.6) is 0 Å². The summed E-state index contributed by atoms with van der Waals surface area (Å²) in [6.07, 6.45) is 3.15. The molecule has 0 saturated heterocycles. The van der Waals surface area contributed by atoms with Crippen LogP contribution in [-0.4, -0.2) is 37.2 Å². The monoisotopic (exact) mass is 464 g/mol. The van der Waals surface area contributed by atoms with Crippen LogP contribution in [0.4, 0.5) is 5.69 Å². The zero-order valence-electron chi connectivity index (χ0n) is 15.0. The standard InChI is InChI=1S/C17H28N4O3.HI/c1-3-5-11-24-12-7-10-19-17(18-4-2)20-14-15-8-6-9-16(13-15)21(22)23;/h6,8-9,13H,3-5,7,10-12,14H2,1-2H3,(H2,18,19,20);1H. The molecule has 142 valence electrons. The normalized spacial score (nSPS) is 10.9. The van der Waals surface area contributed by atoms with Crippen LogP contribution in [0.2, 0.25) is 0 Å². The minimum Gasteiger partial charge on any atom is -0.381 e. The van der Waals surface area contributed by atoms with Gasteiger partial charge < -0.3 is 15.4 Å². The van der Waals surface area contributed by atoms with Crippen molar-refractivity contribution in [1.82, 2.24) is 10.6 Å². The van der Waals surface area contributed by atoms with E-state index >= 15 is 0 Å². The summed E-state index contributed by atoms with van der Waals surface area (Å²) in [5.74, 6) is 0.706. The highest BCUT2D eigenvalue weighted by Gasteiger charge is 2.05. The summed E-state index contributed by atoms with van der Waals surface area (Å²) in [5.41, 5.74) is 0.897. The van der Waals surface area contributed by atoms with E-state index in [9.17, 15) is 10.1 Å². The third kappa shape index (κ3) is 10.9. The molecule has 0 atom stereocenters. The van der Waals surface area contributed by atoms with Gasteiger partial charge in [0.1, 0.15) is 0 Å². The lowest BCUT2D eigenvalue weighted by Gasteiger charge is -2.11. The fraction of sp³-hybridized carbons (Fsp3) is 0.588. The zero-order chi connectivity index (χ0) is 17.6. The SMILES string of the molecule is CCCCOCCCNC(=NCc1cccc([N+](=O)[O-])c1)NCC.I. The van der Waals surface area contributed by atoms with Crippen LogP contribution in [0.3, 0.4) is 0 Å². The molecular formula is C17H29IN4O3. The van der Waals surface area contributed by atoms with Gasteiger partial charge in [-0.05, 0) is 25.3 Å². The third-order valence-corrected chi connectivity index (χ3v) is 3.29. The van der Waals surface area contributed by atoms with E-state index < -0.39 is 4.92 Å². The molecule has 0 bridgehead atoms. The first kappa shape index (κ1) is 23.6. The number of hydrogen-bond acceptors (Lipinski definition) is 4. The largest absolute Gasteiger partial charge is 0.381 e. The number of rotatable bonds is 11. The molecule has 1 aromatic carbocycles. The number of nitro benzene ring substituents is 1. The minimum absolute atomic E-state index is 0. The van der Waals surface area contributed by atoms with Crippen molar-refractivity contribution in [2.24, 2.45) is 4.99 Å². The number of nitro groups is 1. The van der Waals surface area contributed by atoms with Gasteiger partial charge >= 0.3 is 0 Å².